The summed E-state index contributed by atoms with van der Waals surface area (Å²) in [5.74, 6) is -3.40. The molecule has 0 bridgehead atoms. The highest BCUT2D eigenvalue weighted by atomic mass is 16.6. The first-order chi connectivity index (χ1) is 16.7. The maximum atomic E-state index is 13.7. The minimum absolute atomic E-state index is 0.00772. The van der Waals surface area contributed by atoms with Crippen molar-refractivity contribution in [1.29, 1.82) is 0 Å². The van der Waals surface area contributed by atoms with E-state index in [1.54, 1.807) is 46.8 Å². The molecule has 0 aromatic heterocycles. The summed E-state index contributed by atoms with van der Waals surface area (Å²) < 4.78 is 9.75. The number of carbonyl (C=O) groups is 5. The van der Waals surface area contributed by atoms with Crippen LogP contribution in [-0.4, -0.2) is 71.6 Å². The number of primary amides is 1. The van der Waals surface area contributed by atoms with Gasteiger partial charge in [-0.1, -0.05) is 25.1 Å². The van der Waals surface area contributed by atoms with Crippen LogP contribution in [0.3, 0.4) is 0 Å². The number of hydrogen-bond donors (Lipinski definition) is 4. The first-order valence-corrected chi connectivity index (χ1v) is 11.4. The molecule has 0 saturated heterocycles. The SMILES string of the molecule is CCCN(C(=O)C(CC(N)=O)NC(=O)OC(C)(C)C)C(C(=O)NCC(=O)OC)c1cccc(C)c1O. The molecule has 0 heterocycles. The number of aromatic hydroxyl groups is 1. The van der Waals surface area contributed by atoms with Gasteiger partial charge in [0.25, 0.3) is 0 Å². The molecule has 4 amide bonds. The van der Waals surface area contributed by atoms with Crippen LogP contribution >= 0.6 is 0 Å². The molecule has 200 valence electrons. The monoisotopic (exact) mass is 508 g/mol. The van der Waals surface area contributed by atoms with Crippen LogP contribution in [0.2, 0.25) is 0 Å². The molecular weight excluding hydrogens is 472 g/mol. The third kappa shape index (κ3) is 9.08. The van der Waals surface area contributed by atoms with Crippen LogP contribution in [0, 0.1) is 6.92 Å². The van der Waals surface area contributed by atoms with Crippen LogP contribution in [0.4, 0.5) is 4.79 Å². The molecule has 12 nitrogen and oxygen atoms in total. The molecule has 2 unspecified atom stereocenters. The number of amides is 4. The lowest BCUT2D eigenvalue weighted by molar-refractivity contribution is -0.145. The van der Waals surface area contributed by atoms with E-state index in [9.17, 15) is 29.1 Å². The van der Waals surface area contributed by atoms with E-state index in [0.717, 1.165) is 12.0 Å². The number of phenolic OH excluding ortho intramolecular Hbond substituents is 1. The first kappa shape index (κ1) is 30.2. The number of nitrogens with two attached hydrogens (primary N) is 1. The van der Waals surface area contributed by atoms with Crippen molar-refractivity contribution in [3.05, 3.63) is 29.3 Å². The zero-order chi connectivity index (χ0) is 27.6. The third-order valence-corrected chi connectivity index (χ3v) is 4.90. The van der Waals surface area contributed by atoms with Gasteiger partial charge in [-0.05, 0) is 39.7 Å². The molecular formula is C24H36N4O8. The Morgan fingerprint density at radius 2 is 1.81 bits per heavy atom. The Morgan fingerprint density at radius 3 is 2.33 bits per heavy atom. The first-order valence-electron chi connectivity index (χ1n) is 11.4. The number of rotatable bonds is 11. The third-order valence-electron chi connectivity index (χ3n) is 4.90. The summed E-state index contributed by atoms with van der Waals surface area (Å²) in [7, 11) is 1.15. The number of ether oxygens (including phenoxy) is 2. The van der Waals surface area contributed by atoms with Crippen molar-refractivity contribution in [2.45, 2.75) is 65.1 Å². The highest BCUT2D eigenvalue weighted by molar-refractivity contribution is 5.95. The van der Waals surface area contributed by atoms with Gasteiger partial charge in [-0.15, -0.1) is 0 Å². The van der Waals surface area contributed by atoms with Gasteiger partial charge in [-0.3, -0.25) is 19.2 Å². The Labute approximate surface area is 210 Å². The van der Waals surface area contributed by atoms with E-state index >= 15 is 0 Å². The number of methoxy groups -OCH3 is 1. The maximum Gasteiger partial charge on any atom is 0.408 e. The van der Waals surface area contributed by atoms with Crippen molar-refractivity contribution >= 4 is 29.8 Å². The summed E-state index contributed by atoms with van der Waals surface area (Å²) in [5.41, 5.74) is 4.98. The molecule has 0 spiro atoms. The van der Waals surface area contributed by atoms with E-state index in [1.165, 1.54) is 6.07 Å². The number of para-hydroxylation sites is 1. The van der Waals surface area contributed by atoms with Crippen LogP contribution in [0.25, 0.3) is 0 Å². The normalized spacial score (nSPS) is 12.6. The molecule has 0 aliphatic heterocycles. The highest BCUT2D eigenvalue weighted by Gasteiger charge is 2.38. The maximum absolute atomic E-state index is 13.7. The number of phenols is 1. The van der Waals surface area contributed by atoms with Crippen LogP contribution in [0.15, 0.2) is 18.2 Å². The Bertz CT molecular complexity index is 973. The molecule has 1 aromatic carbocycles. The van der Waals surface area contributed by atoms with Gasteiger partial charge in [-0.2, -0.15) is 0 Å². The number of nitrogens with one attached hydrogen (secondary N) is 2. The number of esters is 1. The average molecular weight is 509 g/mol. The van der Waals surface area contributed by atoms with Crippen LogP contribution in [0.5, 0.6) is 5.75 Å². The summed E-state index contributed by atoms with van der Waals surface area (Å²) in [6, 6.07) is 1.82. The van der Waals surface area contributed by atoms with Crippen LogP contribution < -0.4 is 16.4 Å². The fraction of sp³-hybridized carbons (Fsp3) is 0.542. The Morgan fingerprint density at radius 1 is 1.17 bits per heavy atom. The van der Waals surface area contributed by atoms with E-state index in [2.05, 4.69) is 15.4 Å². The molecule has 2 atom stereocenters. The van der Waals surface area contributed by atoms with Gasteiger partial charge in [-0.25, -0.2) is 4.79 Å². The van der Waals surface area contributed by atoms with E-state index in [4.69, 9.17) is 10.5 Å². The lowest BCUT2D eigenvalue weighted by Crippen LogP contribution is -2.54. The number of alkyl carbamates (subject to hydrolysis) is 1. The largest absolute Gasteiger partial charge is 0.507 e. The van der Waals surface area contributed by atoms with Gasteiger partial charge in [0.1, 0.15) is 30.0 Å². The van der Waals surface area contributed by atoms with Crippen molar-refractivity contribution in [2.24, 2.45) is 5.73 Å². The molecule has 1 rings (SSSR count). The van der Waals surface area contributed by atoms with Crippen molar-refractivity contribution in [3.63, 3.8) is 0 Å². The smallest absolute Gasteiger partial charge is 0.408 e. The minimum atomic E-state index is -1.45. The minimum Gasteiger partial charge on any atom is -0.507 e. The second kappa shape index (κ2) is 13.3. The molecule has 36 heavy (non-hydrogen) atoms. The molecule has 0 radical (unpaired) electrons. The Kier molecular flexibility index (Phi) is 11.2. The zero-order valence-corrected chi connectivity index (χ0v) is 21.5. The van der Waals surface area contributed by atoms with Gasteiger partial charge in [0.15, 0.2) is 0 Å². The standard InChI is InChI=1S/C24H36N4O8/c1-7-11-28(22(33)16(12-17(25)29)27-23(34)36-24(3,4)5)19(21(32)26-13-18(30)35-6)15-10-8-9-14(2)20(15)31/h8-10,16,19,31H,7,11-13H2,1-6H3,(H2,25,29)(H,26,32)(H,27,34). The number of nitrogens with zero attached hydrogens (tertiary/aromatic N) is 1. The number of carbonyl (C=O) groups excluding carboxylic acids is 5. The summed E-state index contributed by atoms with van der Waals surface area (Å²) >= 11 is 0. The molecule has 0 saturated carbocycles. The molecule has 1 aromatic rings. The van der Waals surface area contributed by atoms with Gasteiger partial charge in [0.05, 0.1) is 13.5 Å². The van der Waals surface area contributed by atoms with E-state index in [-0.39, 0.29) is 17.9 Å². The lowest BCUT2D eigenvalue weighted by atomic mass is 9.98. The van der Waals surface area contributed by atoms with E-state index < -0.39 is 60.4 Å². The van der Waals surface area contributed by atoms with Gasteiger partial charge in [0, 0.05) is 12.1 Å². The van der Waals surface area contributed by atoms with Crippen molar-refractivity contribution in [2.75, 3.05) is 20.2 Å². The van der Waals surface area contributed by atoms with Crippen LogP contribution in [0.1, 0.15) is 57.7 Å². The fourth-order valence-corrected chi connectivity index (χ4v) is 3.34. The number of hydrogen-bond acceptors (Lipinski definition) is 8. The topological polar surface area (TPSA) is 177 Å². The lowest BCUT2D eigenvalue weighted by Gasteiger charge is -2.34. The van der Waals surface area contributed by atoms with Gasteiger partial charge < -0.3 is 35.8 Å². The predicted octanol–water partition coefficient (Wildman–Crippen LogP) is 1.04. The van der Waals surface area contributed by atoms with E-state index in [0.29, 0.717) is 12.0 Å². The zero-order valence-electron chi connectivity index (χ0n) is 21.5. The molecule has 0 aliphatic rings. The number of aryl methyl sites for hydroxylation is 1. The summed E-state index contributed by atoms with van der Waals surface area (Å²) in [6.07, 6.45) is -1.13. The van der Waals surface area contributed by atoms with Crippen molar-refractivity contribution in [3.8, 4) is 5.75 Å². The van der Waals surface area contributed by atoms with Gasteiger partial charge in [0.2, 0.25) is 17.7 Å². The van der Waals surface area contributed by atoms with Gasteiger partial charge >= 0.3 is 12.1 Å². The quantitative estimate of drug-likeness (QED) is 0.320. The fourth-order valence-electron chi connectivity index (χ4n) is 3.34. The highest BCUT2D eigenvalue weighted by Crippen LogP contribution is 2.32. The molecule has 0 aliphatic carbocycles. The number of benzene rings is 1. The van der Waals surface area contributed by atoms with Crippen molar-refractivity contribution in [1.82, 2.24) is 15.5 Å². The Hall–Kier alpha value is -3.83. The summed E-state index contributed by atoms with van der Waals surface area (Å²) in [6.45, 7) is 7.79. The van der Waals surface area contributed by atoms with Crippen molar-refractivity contribution < 1.29 is 38.6 Å². The molecule has 5 N–H and O–H groups in total. The molecule has 12 heteroatoms. The van der Waals surface area contributed by atoms with Crippen LogP contribution in [-0.2, 0) is 28.7 Å². The van der Waals surface area contributed by atoms with E-state index in [1.807, 2.05) is 0 Å². The predicted molar refractivity (Wildman–Crippen MR) is 130 cm³/mol. The average Bonchev–Trinajstić information content (AvgIpc) is 2.77. The summed E-state index contributed by atoms with van der Waals surface area (Å²) in [5, 5.41) is 15.5. The summed E-state index contributed by atoms with van der Waals surface area (Å²) in [4.78, 5) is 63.8. The Balaban J connectivity index is 3.51. The second-order valence-electron chi connectivity index (χ2n) is 9.11. The molecule has 0 fully saturated rings. The second-order valence-corrected chi connectivity index (χ2v) is 9.11.